The number of carboxylic acids is 1. The number of aliphatic carboxylic acids is 1. The minimum absolute atomic E-state index is 0.0129. The molecule has 30 heavy (non-hydrogen) atoms. The highest BCUT2D eigenvalue weighted by Crippen LogP contribution is 2.34. The maximum atomic E-state index is 11.2. The van der Waals surface area contributed by atoms with Gasteiger partial charge in [-0.15, -0.1) is 0 Å². The minimum Gasteiger partial charge on any atom is -0.496 e. The summed E-state index contributed by atoms with van der Waals surface area (Å²) >= 11 is 0. The molecule has 162 valence electrons. The molecule has 2 aromatic rings. The maximum absolute atomic E-state index is 11.2. The van der Waals surface area contributed by atoms with Crippen LogP contribution in [0, 0.1) is 0 Å². The zero-order valence-corrected chi connectivity index (χ0v) is 18.0. The van der Waals surface area contributed by atoms with Gasteiger partial charge in [-0.3, -0.25) is 14.6 Å². The molecule has 0 unspecified atom stereocenters. The molecule has 0 radical (unpaired) electrons. The van der Waals surface area contributed by atoms with Gasteiger partial charge in [0.1, 0.15) is 5.75 Å². The summed E-state index contributed by atoms with van der Waals surface area (Å²) in [4.78, 5) is 16.0. The van der Waals surface area contributed by atoms with Crippen LogP contribution in [0.3, 0.4) is 0 Å². The Balaban J connectivity index is 1.81. The van der Waals surface area contributed by atoms with E-state index in [4.69, 9.17) is 14.6 Å². The Morgan fingerprint density at radius 1 is 1.20 bits per heavy atom. The summed E-state index contributed by atoms with van der Waals surface area (Å²) in [6.45, 7) is 9.62. The first kappa shape index (κ1) is 22.3. The van der Waals surface area contributed by atoms with Crippen molar-refractivity contribution in [3.05, 3.63) is 53.6 Å². The molecule has 6 nitrogen and oxygen atoms in total. The zero-order chi connectivity index (χ0) is 21.3. The Labute approximate surface area is 179 Å². The molecular formula is C24H32N2O4. The normalized spacial score (nSPS) is 14.8. The van der Waals surface area contributed by atoms with Crippen LogP contribution in [0.2, 0.25) is 0 Å². The van der Waals surface area contributed by atoms with Crippen molar-refractivity contribution in [1.29, 1.82) is 0 Å². The van der Waals surface area contributed by atoms with Crippen LogP contribution in [-0.2, 0) is 22.5 Å². The third kappa shape index (κ3) is 6.05. The molecular weight excluding hydrogens is 380 g/mol. The van der Waals surface area contributed by atoms with Crippen LogP contribution in [0.15, 0.2) is 42.5 Å². The second-order valence-corrected chi connectivity index (χ2v) is 7.59. The molecule has 1 heterocycles. The number of benzene rings is 2. The van der Waals surface area contributed by atoms with Crippen molar-refractivity contribution in [2.75, 3.05) is 53.0 Å². The molecule has 1 saturated heterocycles. The third-order valence-electron chi connectivity index (χ3n) is 5.58. The number of rotatable bonds is 10. The average Bonchev–Trinajstić information content (AvgIpc) is 2.76. The Kier molecular flexibility index (Phi) is 8.25. The number of morpholine rings is 1. The van der Waals surface area contributed by atoms with Crippen molar-refractivity contribution in [2.45, 2.75) is 19.9 Å². The first-order valence-electron chi connectivity index (χ1n) is 10.6. The van der Waals surface area contributed by atoms with Crippen LogP contribution in [0.25, 0.3) is 11.1 Å². The number of hydrogen-bond acceptors (Lipinski definition) is 5. The third-order valence-corrected chi connectivity index (χ3v) is 5.58. The number of ether oxygens (including phenoxy) is 2. The van der Waals surface area contributed by atoms with Crippen molar-refractivity contribution < 1.29 is 19.4 Å². The minimum atomic E-state index is -0.826. The lowest BCUT2D eigenvalue weighted by Crippen LogP contribution is -2.41. The summed E-state index contributed by atoms with van der Waals surface area (Å²) < 4.78 is 11.1. The monoisotopic (exact) mass is 412 g/mol. The van der Waals surface area contributed by atoms with E-state index in [0.29, 0.717) is 0 Å². The largest absolute Gasteiger partial charge is 0.496 e. The molecule has 0 amide bonds. The lowest BCUT2D eigenvalue weighted by molar-refractivity contribution is -0.136. The molecule has 1 N–H and O–H groups in total. The van der Waals surface area contributed by atoms with Gasteiger partial charge in [-0.05, 0) is 29.3 Å². The molecule has 0 atom stereocenters. The summed E-state index contributed by atoms with van der Waals surface area (Å²) in [5.74, 6) is -0.0168. The molecule has 2 aromatic carbocycles. The van der Waals surface area contributed by atoms with Crippen LogP contribution < -0.4 is 4.74 Å². The van der Waals surface area contributed by atoms with Gasteiger partial charge in [0.25, 0.3) is 0 Å². The molecule has 0 aliphatic carbocycles. The van der Waals surface area contributed by atoms with Crippen molar-refractivity contribution in [1.82, 2.24) is 9.80 Å². The predicted octanol–water partition coefficient (Wildman–Crippen LogP) is 3.14. The highest BCUT2D eigenvalue weighted by atomic mass is 16.5. The molecule has 0 saturated carbocycles. The van der Waals surface area contributed by atoms with E-state index in [1.807, 2.05) is 36.4 Å². The van der Waals surface area contributed by atoms with Crippen LogP contribution in [0.1, 0.15) is 18.1 Å². The van der Waals surface area contributed by atoms with E-state index < -0.39 is 5.97 Å². The van der Waals surface area contributed by atoms with E-state index in [2.05, 4.69) is 22.8 Å². The smallest absolute Gasteiger partial charge is 0.307 e. The highest BCUT2D eigenvalue weighted by Gasteiger charge is 2.16. The van der Waals surface area contributed by atoms with Crippen molar-refractivity contribution >= 4 is 5.97 Å². The van der Waals surface area contributed by atoms with Crippen LogP contribution >= 0.6 is 0 Å². The number of likely N-dealkylation sites (N-methyl/N-ethyl adjacent to an activating group) is 1. The van der Waals surface area contributed by atoms with Crippen molar-refractivity contribution in [3.8, 4) is 16.9 Å². The Morgan fingerprint density at radius 3 is 2.67 bits per heavy atom. The molecule has 3 rings (SSSR count). The van der Waals surface area contributed by atoms with E-state index in [1.54, 1.807) is 7.11 Å². The molecule has 1 fully saturated rings. The van der Waals surface area contributed by atoms with E-state index in [-0.39, 0.29) is 6.42 Å². The van der Waals surface area contributed by atoms with Crippen LogP contribution in [-0.4, -0.2) is 73.9 Å². The number of nitrogens with zero attached hydrogens (tertiary/aromatic N) is 2. The van der Waals surface area contributed by atoms with Gasteiger partial charge in [0, 0.05) is 38.3 Å². The average molecular weight is 413 g/mol. The van der Waals surface area contributed by atoms with Gasteiger partial charge in [-0.25, -0.2) is 0 Å². The van der Waals surface area contributed by atoms with E-state index in [0.717, 1.165) is 74.9 Å². The van der Waals surface area contributed by atoms with Gasteiger partial charge in [-0.1, -0.05) is 43.3 Å². The van der Waals surface area contributed by atoms with Gasteiger partial charge in [0.05, 0.1) is 26.7 Å². The maximum Gasteiger partial charge on any atom is 0.307 e. The number of methoxy groups -OCH3 is 1. The Hall–Kier alpha value is -2.41. The zero-order valence-electron chi connectivity index (χ0n) is 18.0. The first-order chi connectivity index (χ1) is 14.6. The summed E-state index contributed by atoms with van der Waals surface area (Å²) in [7, 11) is 1.68. The van der Waals surface area contributed by atoms with Gasteiger partial charge >= 0.3 is 5.97 Å². The summed E-state index contributed by atoms with van der Waals surface area (Å²) in [5.41, 5.74) is 4.00. The number of carbonyl (C=O) groups is 1. The van der Waals surface area contributed by atoms with Crippen molar-refractivity contribution in [3.63, 3.8) is 0 Å². The molecule has 0 spiro atoms. The first-order valence-corrected chi connectivity index (χ1v) is 10.6. The topological polar surface area (TPSA) is 62.2 Å². The van der Waals surface area contributed by atoms with Crippen molar-refractivity contribution in [2.24, 2.45) is 0 Å². The van der Waals surface area contributed by atoms with Gasteiger partial charge < -0.3 is 14.6 Å². The highest BCUT2D eigenvalue weighted by molar-refractivity contribution is 5.76. The fraction of sp³-hybridized carbons (Fsp3) is 0.458. The van der Waals surface area contributed by atoms with Crippen LogP contribution in [0.4, 0.5) is 0 Å². The molecule has 0 aromatic heterocycles. The number of hydrogen-bond donors (Lipinski definition) is 1. The molecule has 1 aliphatic rings. The Bertz CT molecular complexity index is 834. The fourth-order valence-corrected chi connectivity index (χ4v) is 3.92. The summed E-state index contributed by atoms with van der Waals surface area (Å²) in [6, 6.07) is 13.9. The van der Waals surface area contributed by atoms with Gasteiger partial charge in [0.2, 0.25) is 0 Å². The lowest BCUT2D eigenvalue weighted by Gasteiger charge is -2.30. The fourth-order valence-electron chi connectivity index (χ4n) is 3.92. The second kappa shape index (κ2) is 11.1. The number of carboxylic acid groups (broad SMARTS) is 1. The summed E-state index contributed by atoms with van der Waals surface area (Å²) in [6.07, 6.45) is 0.0129. The van der Waals surface area contributed by atoms with E-state index in [9.17, 15) is 4.79 Å². The molecule has 0 bridgehead atoms. The van der Waals surface area contributed by atoms with Gasteiger partial charge in [-0.2, -0.15) is 0 Å². The second-order valence-electron chi connectivity index (χ2n) is 7.59. The SMILES string of the molecule is CCN(CCN1CCOCC1)Cc1cccc(OC)c1-c1cccc(CC(=O)O)c1. The molecule has 1 aliphatic heterocycles. The quantitative estimate of drug-likeness (QED) is 0.647. The lowest BCUT2D eigenvalue weighted by atomic mass is 9.96. The van der Waals surface area contributed by atoms with Gasteiger partial charge in [0.15, 0.2) is 0 Å². The molecule has 6 heteroatoms. The summed E-state index contributed by atoms with van der Waals surface area (Å²) in [5, 5.41) is 9.16. The van der Waals surface area contributed by atoms with Crippen LogP contribution in [0.5, 0.6) is 5.75 Å². The van der Waals surface area contributed by atoms with E-state index >= 15 is 0 Å². The standard InChI is InChI=1S/C24H32N2O4/c1-3-25(10-11-26-12-14-30-15-13-26)18-21-8-5-9-22(29-2)24(21)20-7-4-6-19(16-20)17-23(27)28/h4-9,16H,3,10-15,17-18H2,1-2H3,(H,27,28). The predicted molar refractivity (Wildman–Crippen MR) is 118 cm³/mol. The Morgan fingerprint density at radius 2 is 1.97 bits per heavy atom. The van der Waals surface area contributed by atoms with E-state index in [1.165, 1.54) is 5.56 Å².